The van der Waals surface area contributed by atoms with Crippen molar-refractivity contribution in [3.63, 3.8) is 0 Å². The fourth-order valence-electron chi connectivity index (χ4n) is 0.609. The highest BCUT2D eigenvalue weighted by atomic mass is 32.8. The lowest BCUT2D eigenvalue weighted by atomic mass is 10.3. The molecule has 5 nitrogen and oxygen atoms in total. The van der Waals surface area contributed by atoms with Gasteiger partial charge < -0.3 is 9.66 Å². The summed E-state index contributed by atoms with van der Waals surface area (Å²) in [6.07, 6.45) is -13.3. The molecule has 0 aliphatic heterocycles. The van der Waals surface area contributed by atoms with Crippen LogP contribution in [0.2, 0.25) is 0 Å². The second-order valence-electron chi connectivity index (χ2n) is 3.01. The van der Waals surface area contributed by atoms with Crippen LogP contribution in [0.5, 0.6) is 0 Å². The molecule has 120 valence electrons. The standard InChI is InChI=1S/C5H2F8O5S2/c6-2(1(14)15,3(7,8)9)18-4(10,11)5(12,13)20(16,17)19/h(H,14,15)(H,16,17,19). The molecule has 0 aliphatic carbocycles. The molecule has 0 fully saturated rings. The third-order valence-corrected chi connectivity index (χ3v) is 3.08. The van der Waals surface area contributed by atoms with E-state index in [2.05, 4.69) is 11.2 Å². The average molecular weight is 358 g/mol. The summed E-state index contributed by atoms with van der Waals surface area (Å²) in [5.74, 6) is -9.98. The average Bonchev–Trinajstić information content (AvgIpc) is 2.12. The number of halogens is 8. The van der Waals surface area contributed by atoms with E-state index in [-0.39, 0.29) is 0 Å². The van der Waals surface area contributed by atoms with Gasteiger partial charge in [0.25, 0.3) is 0 Å². The Bertz CT molecular complexity index is 498. The molecule has 0 aromatic carbocycles. The number of rotatable bonds is 5. The second kappa shape index (κ2) is 4.88. The van der Waals surface area contributed by atoms with Gasteiger partial charge in [-0.1, -0.05) is 0 Å². The first kappa shape index (κ1) is 19.2. The van der Waals surface area contributed by atoms with Crippen molar-refractivity contribution < 1.29 is 58.5 Å². The van der Waals surface area contributed by atoms with Crippen LogP contribution in [-0.4, -0.2) is 43.2 Å². The van der Waals surface area contributed by atoms with Gasteiger partial charge in [-0.2, -0.15) is 35.1 Å². The van der Waals surface area contributed by atoms with Crippen LogP contribution in [0.25, 0.3) is 0 Å². The first-order chi connectivity index (χ1) is 8.40. The zero-order chi connectivity index (χ0) is 16.8. The zero-order valence-electron chi connectivity index (χ0n) is 8.46. The number of carboxylic acids is 1. The van der Waals surface area contributed by atoms with E-state index in [9.17, 15) is 44.1 Å². The molecule has 2 N–H and O–H groups in total. The summed E-state index contributed by atoms with van der Waals surface area (Å²) in [6, 6.07) is 0. The van der Waals surface area contributed by atoms with Crippen molar-refractivity contribution in [2.45, 2.75) is 23.4 Å². The Morgan fingerprint density at radius 1 is 1.05 bits per heavy atom. The monoisotopic (exact) mass is 358 g/mol. The molecule has 20 heavy (non-hydrogen) atoms. The Labute approximate surface area is 109 Å². The van der Waals surface area contributed by atoms with Gasteiger partial charge in [-0.3, -0.25) is 4.74 Å². The van der Waals surface area contributed by atoms with Gasteiger partial charge in [0.1, 0.15) is 0 Å². The third kappa shape index (κ3) is 3.09. The molecule has 0 aromatic rings. The predicted molar refractivity (Wildman–Crippen MR) is 46.6 cm³/mol. The van der Waals surface area contributed by atoms with Crippen LogP contribution in [0.4, 0.5) is 35.1 Å². The van der Waals surface area contributed by atoms with E-state index in [4.69, 9.17) is 9.66 Å². The highest BCUT2D eigenvalue weighted by molar-refractivity contribution is 8.30. The largest absolute Gasteiger partial charge is 0.477 e. The molecule has 2 unspecified atom stereocenters. The summed E-state index contributed by atoms with van der Waals surface area (Å²) in [6.45, 7) is 0. The Kier molecular flexibility index (Phi) is 4.69. The molecule has 15 heteroatoms. The molecular formula is C5H2F8O5S2. The Balaban J connectivity index is 5.86. The van der Waals surface area contributed by atoms with Crippen molar-refractivity contribution in [3.05, 3.63) is 0 Å². The van der Waals surface area contributed by atoms with Gasteiger partial charge in [0, 0.05) is 11.2 Å². The number of hydrogen-bond acceptors (Lipinski definition) is 4. The van der Waals surface area contributed by atoms with Gasteiger partial charge in [-0.25, -0.2) is 9.00 Å². The maximum Gasteiger partial charge on any atom is 0.460 e. The lowest BCUT2D eigenvalue weighted by molar-refractivity contribution is -0.425. The van der Waals surface area contributed by atoms with Crippen molar-refractivity contribution in [1.82, 2.24) is 0 Å². The molecule has 0 aliphatic rings. The molecular weight excluding hydrogens is 356 g/mol. The molecule has 2 atom stereocenters. The number of hydrogen-bond donors (Lipinski definition) is 2. The number of carboxylic acid groups (broad SMARTS) is 1. The minimum atomic E-state index is -6.68. The topological polar surface area (TPSA) is 83.8 Å². The Morgan fingerprint density at radius 3 is 1.60 bits per heavy atom. The Morgan fingerprint density at radius 2 is 1.40 bits per heavy atom. The highest BCUT2D eigenvalue weighted by Crippen LogP contribution is 2.46. The molecule has 0 radical (unpaired) electrons. The molecule has 0 heterocycles. The first-order valence-corrected chi connectivity index (χ1v) is 6.26. The summed E-state index contributed by atoms with van der Waals surface area (Å²) >= 11 is 3.04. The zero-order valence-corrected chi connectivity index (χ0v) is 10.1. The van der Waals surface area contributed by atoms with Crippen molar-refractivity contribution in [3.8, 4) is 0 Å². The SMILES string of the molecule is O=C(O)C(F)(OC(F)(F)C(F)(F)S(=O)(O)=S)C(F)(F)F. The van der Waals surface area contributed by atoms with Gasteiger partial charge in [-0.05, 0) is 0 Å². The third-order valence-electron chi connectivity index (χ3n) is 1.57. The van der Waals surface area contributed by atoms with Crippen molar-refractivity contribution >= 4 is 25.9 Å². The van der Waals surface area contributed by atoms with Gasteiger partial charge in [0.2, 0.25) is 8.77 Å². The van der Waals surface area contributed by atoms with Crippen LogP contribution < -0.4 is 0 Å². The molecule has 0 bridgehead atoms. The molecule has 0 spiro atoms. The van der Waals surface area contributed by atoms with Crippen molar-refractivity contribution in [1.29, 1.82) is 0 Å². The van der Waals surface area contributed by atoms with E-state index in [1.54, 1.807) is 0 Å². The van der Waals surface area contributed by atoms with Gasteiger partial charge in [0.05, 0.1) is 0 Å². The van der Waals surface area contributed by atoms with E-state index in [1.807, 2.05) is 4.74 Å². The van der Waals surface area contributed by atoms with Crippen LogP contribution in [-0.2, 0) is 29.5 Å². The molecule has 0 aromatic heterocycles. The summed E-state index contributed by atoms with van der Waals surface area (Å²) < 4.78 is 120. The lowest BCUT2D eigenvalue weighted by Crippen LogP contribution is -2.59. The van der Waals surface area contributed by atoms with Crippen LogP contribution in [0, 0.1) is 0 Å². The van der Waals surface area contributed by atoms with Crippen LogP contribution in [0.1, 0.15) is 0 Å². The normalized spacial score (nSPS) is 20.1. The maximum absolute atomic E-state index is 12.9. The minimum Gasteiger partial charge on any atom is -0.477 e. The summed E-state index contributed by atoms with van der Waals surface area (Å²) in [4.78, 5) is 9.96. The quantitative estimate of drug-likeness (QED) is 0.729. The second-order valence-corrected chi connectivity index (χ2v) is 5.83. The van der Waals surface area contributed by atoms with E-state index >= 15 is 0 Å². The summed E-state index contributed by atoms with van der Waals surface area (Å²) in [7, 11) is -6.21. The van der Waals surface area contributed by atoms with Crippen molar-refractivity contribution in [2.24, 2.45) is 0 Å². The smallest absolute Gasteiger partial charge is 0.460 e. The summed E-state index contributed by atoms with van der Waals surface area (Å²) in [5.41, 5.74) is 0. The van der Waals surface area contributed by atoms with Gasteiger partial charge in [-0.15, -0.1) is 0 Å². The Hall–Kier alpha value is -0.800. The predicted octanol–water partition coefficient (Wildman–Crippen LogP) is 1.72. The van der Waals surface area contributed by atoms with Crippen molar-refractivity contribution in [2.75, 3.05) is 0 Å². The number of alkyl halides is 8. The molecule has 0 rings (SSSR count). The summed E-state index contributed by atoms with van der Waals surface area (Å²) in [5, 5.41) is 1.47. The fraction of sp³-hybridized carbons (Fsp3) is 0.800. The molecule has 0 saturated heterocycles. The maximum atomic E-state index is 12.9. The fourth-order valence-corrected chi connectivity index (χ4v) is 1.24. The number of carbonyl (C=O) groups is 1. The first-order valence-electron chi connectivity index (χ1n) is 3.82. The van der Waals surface area contributed by atoms with E-state index in [0.29, 0.717) is 0 Å². The minimum absolute atomic E-state index is 1.96. The van der Waals surface area contributed by atoms with Gasteiger partial charge >= 0.3 is 29.4 Å². The molecule has 0 amide bonds. The molecule has 0 saturated carbocycles. The van der Waals surface area contributed by atoms with E-state index in [1.165, 1.54) is 0 Å². The number of aliphatic carboxylic acids is 1. The highest BCUT2D eigenvalue weighted by Gasteiger charge is 2.75. The number of ether oxygens (including phenoxy) is 1. The van der Waals surface area contributed by atoms with Gasteiger partial charge in [0.15, 0.2) is 0 Å². The lowest BCUT2D eigenvalue weighted by Gasteiger charge is -2.31. The van der Waals surface area contributed by atoms with Crippen LogP contribution in [0.15, 0.2) is 0 Å². The van der Waals surface area contributed by atoms with Crippen LogP contribution >= 0.6 is 0 Å². The van der Waals surface area contributed by atoms with E-state index < -0.39 is 38.1 Å². The van der Waals surface area contributed by atoms with Crippen LogP contribution in [0.3, 0.4) is 0 Å². The van der Waals surface area contributed by atoms with E-state index in [0.717, 1.165) is 0 Å².